The Kier molecular flexibility index (Phi) is 1.52. The minimum Gasteiger partial charge on any atom is -0.325 e. The molecule has 0 aromatic carbocycles. The smallest absolute Gasteiger partial charge is 0.227 e. The Labute approximate surface area is 59.4 Å². The van der Waals surface area contributed by atoms with Crippen LogP contribution in [0.1, 0.15) is 0 Å². The molecule has 0 saturated heterocycles. The minimum absolute atomic E-state index is 0.104. The van der Waals surface area contributed by atoms with Crippen molar-refractivity contribution in [1.82, 2.24) is 9.55 Å². The van der Waals surface area contributed by atoms with Crippen molar-refractivity contribution in [3.05, 3.63) is 12.4 Å². The Balaban J connectivity index is 3.32. The minimum atomic E-state index is -3.14. The molecule has 0 fully saturated rings. The molecule has 1 aromatic rings. The van der Waals surface area contributed by atoms with Crippen LogP contribution in [0.3, 0.4) is 0 Å². The van der Waals surface area contributed by atoms with Gasteiger partial charge in [-0.1, -0.05) is 0 Å². The third-order valence-corrected chi connectivity index (χ3v) is 2.17. The fraction of sp³-hybridized carbons (Fsp3) is 0.400. The first-order valence-electron chi connectivity index (χ1n) is 2.69. The van der Waals surface area contributed by atoms with Crippen LogP contribution < -0.4 is 0 Å². The molecule has 0 saturated carbocycles. The zero-order chi connectivity index (χ0) is 7.78. The second-order valence-corrected chi connectivity index (χ2v) is 4.00. The number of rotatable bonds is 1. The maximum Gasteiger partial charge on any atom is 0.227 e. The molecule has 0 unspecified atom stereocenters. The summed E-state index contributed by atoms with van der Waals surface area (Å²) in [5.74, 6) is 0. The Morgan fingerprint density at radius 3 is 2.40 bits per heavy atom. The Bertz CT molecular complexity index is 325. The lowest BCUT2D eigenvalue weighted by Crippen LogP contribution is -2.04. The van der Waals surface area contributed by atoms with Crippen LogP contribution in [-0.4, -0.2) is 24.2 Å². The SMILES string of the molecule is Cn1ccnc1S(C)(=O)=O. The third kappa shape index (κ3) is 1.18. The van der Waals surface area contributed by atoms with Crippen LogP contribution in [0.5, 0.6) is 0 Å². The summed E-state index contributed by atoms with van der Waals surface area (Å²) in [5.41, 5.74) is 0. The van der Waals surface area contributed by atoms with Crippen molar-refractivity contribution in [3.8, 4) is 0 Å². The summed E-state index contributed by atoms with van der Waals surface area (Å²) >= 11 is 0. The second kappa shape index (κ2) is 2.09. The maximum atomic E-state index is 10.8. The molecule has 1 heterocycles. The van der Waals surface area contributed by atoms with Crippen LogP contribution in [-0.2, 0) is 16.9 Å². The van der Waals surface area contributed by atoms with E-state index in [-0.39, 0.29) is 5.16 Å². The van der Waals surface area contributed by atoms with E-state index in [4.69, 9.17) is 0 Å². The van der Waals surface area contributed by atoms with Gasteiger partial charge in [0.15, 0.2) is 0 Å². The van der Waals surface area contributed by atoms with Crippen molar-refractivity contribution in [3.63, 3.8) is 0 Å². The quantitative estimate of drug-likeness (QED) is 0.572. The van der Waals surface area contributed by atoms with Gasteiger partial charge in [-0.05, 0) is 0 Å². The number of nitrogens with zero attached hydrogens (tertiary/aromatic N) is 2. The second-order valence-electron chi connectivity index (χ2n) is 2.09. The van der Waals surface area contributed by atoms with E-state index in [0.717, 1.165) is 6.26 Å². The molecule has 0 aliphatic heterocycles. The van der Waals surface area contributed by atoms with Crippen molar-refractivity contribution < 1.29 is 8.42 Å². The zero-order valence-corrected chi connectivity index (χ0v) is 6.59. The highest BCUT2D eigenvalue weighted by molar-refractivity contribution is 7.90. The maximum absolute atomic E-state index is 10.8. The molecule has 0 aliphatic carbocycles. The van der Waals surface area contributed by atoms with Gasteiger partial charge in [-0.25, -0.2) is 13.4 Å². The summed E-state index contributed by atoms with van der Waals surface area (Å²) in [5, 5.41) is 0.104. The van der Waals surface area contributed by atoms with Gasteiger partial charge in [0.1, 0.15) is 0 Å². The molecule has 0 N–H and O–H groups in total. The Morgan fingerprint density at radius 1 is 1.60 bits per heavy atom. The number of sulfone groups is 1. The fourth-order valence-electron chi connectivity index (χ4n) is 0.709. The van der Waals surface area contributed by atoms with Gasteiger partial charge in [-0.2, -0.15) is 0 Å². The van der Waals surface area contributed by atoms with Gasteiger partial charge in [0, 0.05) is 25.7 Å². The summed E-state index contributed by atoms with van der Waals surface area (Å²) in [7, 11) is -1.50. The average Bonchev–Trinajstić information content (AvgIpc) is 2.11. The van der Waals surface area contributed by atoms with E-state index in [9.17, 15) is 8.42 Å². The average molecular weight is 160 g/mol. The summed E-state index contributed by atoms with van der Waals surface area (Å²) in [6, 6.07) is 0. The van der Waals surface area contributed by atoms with Crippen LogP contribution in [0.4, 0.5) is 0 Å². The molecule has 1 rings (SSSR count). The van der Waals surface area contributed by atoms with Gasteiger partial charge in [-0.15, -0.1) is 0 Å². The fourth-order valence-corrected chi connectivity index (χ4v) is 1.55. The molecular formula is C5H8N2O2S. The van der Waals surface area contributed by atoms with Gasteiger partial charge in [0.2, 0.25) is 15.0 Å². The third-order valence-electron chi connectivity index (χ3n) is 1.11. The summed E-state index contributed by atoms with van der Waals surface area (Å²) in [6.45, 7) is 0. The van der Waals surface area contributed by atoms with Crippen LogP contribution in [0.15, 0.2) is 17.6 Å². The molecule has 4 nitrogen and oxygen atoms in total. The van der Waals surface area contributed by atoms with Gasteiger partial charge >= 0.3 is 0 Å². The summed E-state index contributed by atoms with van der Waals surface area (Å²) < 4.78 is 23.1. The van der Waals surface area contributed by atoms with E-state index < -0.39 is 9.84 Å². The molecule has 0 radical (unpaired) electrons. The van der Waals surface area contributed by atoms with Crippen molar-refractivity contribution in [2.75, 3.05) is 6.26 Å². The van der Waals surface area contributed by atoms with E-state index in [1.54, 1.807) is 13.2 Å². The molecule has 1 aromatic heterocycles. The lowest BCUT2D eigenvalue weighted by Gasteiger charge is -1.95. The normalized spacial score (nSPS) is 11.8. The molecule has 0 spiro atoms. The Hall–Kier alpha value is -0.840. The first-order chi connectivity index (χ1) is 4.52. The lowest BCUT2D eigenvalue weighted by atomic mass is 10.9. The number of hydrogen-bond donors (Lipinski definition) is 0. The van der Waals surface area contributed by atoms with Crippen LogP contribution in [0, 0.1) is 0 Å². The highest BCUT2D eigenvalue weighted by Gasteiger charge is 2.10. The standard InChI is InChI=1S/C5H8N2O2S/c1-7-4-3-6-5(7)10(2,8)9/h3-4H,1-2H3. The summed E-state index contributed by atoms with van der Waals surface area (Å²) in [6.07, 6.45) is 4.18. The molecule has 0 atom stereocenters. The predicted octanol–water partition coefficient (Wildman–Crippen LogP) is -0.176. The van der Waals surface area contributed by atoms with Gasteiger partial charge < -0.3 is 4.57 Å². The number of imidazole rings is 1. The highest BCUT2D eigenvalue weighted by atomic mass is 32.2. The topological polar surface area (TPSA) is 52.0 Å². The number of hydrogen-bond acceptors (Lipinski definition) is 3. The van der Waals surface area contributed by atoms with Crippen molar-refractivity contribution in [2.24, 2.45) is 7.05 Å². The molecule has 0 bridgehead atoms. The van der Waals surface area contributed by atoms with Crippen molar-refractivity contribution >= 4 is 9.84 Å². The first kappa shape index (κ1) is 7.27. The van der Waals surface area contributed by atoms with Gasteiger partial charge in [-0.3, -0.25) is 0 Å². The Morgan fingerprint density at radius 2 is 2.20 bits per heavy atom. The van der Waals surface area contributed by atoms with E-state index in [0.29, 0.717) is 0 Å². The van der Waals surface area contributed by atoms with Gasteiger partial charge in [0.25, 0.3) is 0 Å². The molecular weight excluding hydrogens is 152 g/mol. The predicted molar refractivity (Wildman–Crippen MR) is 36.3 cm³/mol. The summed E-state index contributed by atoms with van der Waals surface area (Å²) in [4.78, 5) is 3.66. The van der Waals surface area contributed by atoms with Crippen LogP contribution in [0.25, 0.3) is 0 Å². The van der Waals surface area contributed by atoms with E-state index in [2.05, 4.69) is 4.98 Å². The number of aryl methyl sites for hydroxylation is 1. The van der Waals surface area contributed by atoms with Crippen LogP contribution in [0.2, 0.25) is 0 Å². The van der Waals surface area contributed by atoms with E-state index >= 15 is 0 Å². The van der Waals surface area contributed by atoms with E-state index in [1.807, 2.05) is 0 Å². The first-order valence-corrected chi connectivity index (χ1v) is 4.58. The van der Waals surface area contributed by atoms with Crippen LogP contribution >= 0.6 is 0 Å². The molecule has 5 heteroatoms. The molecule has 0 aliphatic rings. The monoisotopic (exact) mass is 160 g/mol. The van der Waals surface area contributed by atoms with Gasteiger partial charge in [0.05, 0.1) is 0 Å². The molecule has 56 valence electrons. The largest absolute Gasteiger partial charge is 0.325 e. The molecule has 0 amide bonds. The van der Waals surface area contributed by atoms with Crippen molar-refractivity contribution in [2.45, 2.75) is 5.16 Å². The molecule has 10 heavy (non-hydrogen) atoms. The number of aromatic nitrogens is 2. The van der Waals surface area contributed by atoms with E-state index in [1.165, 1.54) is 10.8 Å². The highest BCUT2D eigenvalue weighted by Crippen LogP contribution is 2.01. The lowest BCUT2D eigenvalue weighted by molar-refractivity contribution is 0.585. The van der Waals surface area contributed by atoms with Crippen molar-refractivity contribution in [1.29, 1.82) is 0 Å². The zero-order valence-electron chi connectivity index (χ0n) is 5.77.